The Bertz CT molecular complexity index is 375. The number of hydrogen-bond donors (Lipinski definition) is 1. The molecule has 0 radical (unpaired) electrons. The third kappa shape index (κ3) is 2.83. The number of para-hydroxylation sites is 1. The highest BCUT2D eigenvalue weighted by Crippen LogP contribution is 2.25. The molecule has 1 aromatic carbocycles. The molecule has 0 bridgehead atoms. The summed E-state index contributed by atoms with van der Waals surface area (Å²) in [5.41, 5.74) is 0. The monoisotopic (exact) mass is 283 g/mol. The second-order valence-electron chi connectivity index (χ2n) is 3.89. The first kappa shape index (κ1) is 11.6. The van der Waals surface area contributed by atoms with Crippen molar-refractivity contribution in [2.24, 2.45) is 5.92 Å². The lowest BCUT2D eigenvalue weighted by Gasteiger charge is -2.21. The minimum absolute atomic E-state index is 0.0131. The van der Waals surface area contributed by atoms with Gasteiger partial charge in [0.25, 0.3) is 0 Å². The highest BCUT2D eigenvalue weighted by Gasteiger charge is 2.23. The van der Waals surface area contributed by atoms with Crippen molar-refractivity contribution in [2.45, 2.75) is 12.8 Å². The van der Waals surface area contributed by atoms with E-state index >= 15 is 0 Å². The van der Waals surface area contributed by atoms with Crippen LogP contribution in [0.2, 0.25) is 0 Å². The molecule has 1 N–H and O–H groups in total. The van der Waals surface area contributed by atoms with Gasteiger partial charge < -0.3 is 10.1 Å². The number of carbonyl (C=O) groups is 1. The SMILES string of the molecule is O=C(Oc1ccccc1Br)C1CCCNC1. The van der Waals surface area contributed by atoms with Gasteiger partial charge in [0.1, 0.15) is 5.75 Å². The predicted octanol–water partition coefficient (Wildman–Crippen LogP) is 2.35. The van der Waals surface area contributed by atoms with E-state index in [1.54, 1.807) is 6.07 Å². The van der Waals surface area contributed by atoms with Crippen LogP contribution in [0.5, 0.6) is 5.75 Å². The van der Waals surface area contributed by atoms with Crippen LogP contribution in [0.25, 0.3) is 0 Å². The lowest BCUT2D eigenvalue weighted by atomic mass is 10.0. The summed E-state index contributed by atoms with van der Waals surface area (Å²) in [7, 11) is 0. The first-order chi connectivity index (χ1) is 7.77. The van der Waals surface area contributed by atoms with Crippen molar-refractivity contribution >= 4 is 21.9 Å². The predicted molar refractivity (Wildman–Crippen MR) is 65.4 cm³/mol. The Morgan fingerprint density at radius 1 is 1.44 bits per heavy atom. The molecule has 0 aromatic heterocycles. The van der Waals surface area contributed by atoms with Crippen LogP contribution in [0, 0.1) is 5.92 Å². The van der Waals surface area contributed by atoms with E-state index in [2.05, 4.69) is 21.2 Å². The highest BCUT2D eigenvalue weighted by molar-refractivity contribution is 9.10. The van der Waals surface area contributed by atoms with E-state index in [-0.39, 0.29) is 11.9 Å². The van der Waals surface area contributed by atoms with Crippen molar-refractivity contribution in [1.29, 1.82) is 0 Å². The molecular weight excluding hydrogens is 270 g/mol. The second kappa shape index (κ2) is 5.46. The Morgan fingerprint density at radius 2 is 2.25 bits per heavy atom. The lowest BCUT2D eigenvalue weighted by Crippen LogP contribution is -2.36. The maximum atomic E-state index is 11.8. The van der Waals surface area contributed by atoms with Crippen LogP contribution >= 0.6 is 15.9 Å². The third-order valence-corrected chi connectivity index (χ3v) is 3.33. The quantitative estimate of drug-likeness (QED) is 0.669. The Morgan fingerprint density at radius 3 is 2.94 bits per heavy atom. The zero-order valence-electron chi connectivity index (χ0n) is 8.91. The molecule has 0 spiro atoms. The maximum Gasteiger partial charge on any atom is 0.315 e. The number of halogens is 1. The molecule has 4 heteroatoms. The van der Waals surface area contributed by atoms with Crippen LogP contribution in [0.4, 0.5) is 0 Å². The van der Waals surface area contributed by atoms with Crippen LogP contribution in [0.3, 0.4) is 0 Å². The topological polar surface area (TPSA) is 38.3 Å². The number of nitrogens with one attached hydrogen (secondary N) is 1. The summed E-state index contributed by atoms with van der Waals surface area (Å²) in [6, 6.07) is 7.40. The normalized spacial score (nSPS) is 20.4. The van der Waals surface area contributed by atoms with Gasteiger partial charge in [-0.3, -0.25) is 4.79 Å². The molecule has 16 heavy (non-hydrogen) atoms. The number of hydrogen-bond acceptors (Lipinski definition) is 3. The van der Waals surface area contributed by atoms with Gasteiger partial charge >= 0.3 is 5.97 Å². The number of benzene rings is 1. The van der Waals surface area contributed by atoms with Crippen molar-refractivity contribution < 1.29 is 9.53 Å². The fourth-order valence-corrected chi connectivity index (χ4v) is 2.14. The van der Waals surface area contributed by atoms with E-state index in [9.17, 15) is 4.79 Å². The summed E-state index contributed by atoms with van der Waals surface area (Å²) in [6.45, 7) is 1.72. The van der Waals surface area contributed by atoms with Crippen molar-refractivity contribution in [3.63, 3.8) is 0 Å². The van der Waals surface area contributed by atoms with Crippen LogP contribution in [0.1, 0.15) is 12.8 Å². The number of rotatable bonds is 2. The average molecular weight is 284 g/mol. The molecule has 1 aliphatic rings. The van der Waals surface area contributed by atoms with E-state index in [0.717, 1.165) is 30.4 Å². The van der Waals surface area contributed by atoms with Gasteiger partial charge in [-0.15, -0.1) is 0 Å². The molecule has 1 fully saturated rings. The molecule has 1 unspecified atom stereocenters. The Hall–Kier alpha value is -0.870. The summed E-state index contributed by atoms with van der Waals surface area (Å²) < 4.78 is 6.17. The number of carbonyl (C=O) groups excluding carboxylic acids is 1. The van der Waals surface area contributed by atoms with Gasteiger partial charge in [0, 0.05) is 6.54 Å². The Balaban J connectivity index is 1.99. The molecular formula is C12H14BrNO2. The molecule has 3 nitrogen and oxygen atoms in total. The minimum Gasteiger partial charge on any atom is -0.425 e. The van der Waals surface area contributed by atoms with Crippen molar-refractivity contribution in [1.82, 2.24) is 5.32 Å². The molecule has 2 rings (SSSR count). The Kier molecular flexibility index (Phi) is 3.96. The van der Waals surface area contributed by atoms with Gasteiger partial charge in [0.2, 0.25) is 0 Å². The van der Waals surface area contributed by atoms with E-state index in [1.807, 2.05) is 18.2 Å². The van der Waals surface area contributed by atoms with Crippen LogP contribution in [-0.4, -0.2) is 19.1 Å². The molecule has 0 aliphatic carbocycles. The molecule has 1 saturated heterocycles. The van der Waals surface area contributed by atoms with Gasteiger partial charge in [-0.1, -0.05) is 12.1 Å². The van der Waals surface area contributed by atoms with Gasteiger partial charge in [0.05, 0.1) is 10.4 Å². The number of ether oxygens (including phenoxy) is 1. The summed E-state index contributed by atoms with van der Waals surface area (Å²) in [5.74, 6) is 0.443. The molecule has 0 saturated carbocycles. The fourth-order valence-electron chi connectivity index (χ4n) is 1.77. The summed E-state index contributed by atoms with van der Waals surface area (Å²) in [5, 5.41) is 3.20. The third-order valence-electron chi connectivity index (χ3n) is 2.68. The van der Waals surface area contributed by atoms with E-state index in [1.165, 1.54) is 0 Å². The smallest absolute Gasteiger partial charge is 0.315 e. The maximum absolute atomic E-state index is 11.8. The van der Waals surface area contributed by atoms with E-state index in [4.69, 9.17) is 4.74 Å². The zero-order valence-corrected chi connectivity index (χ0v) is 10.5. The molecule has 1 aliphatic heterocycles. The molecule has 1 atom stereocenters. The van der Waals surface area contributed by atoms with Crippen molar-refractivity contribution in [3.05, 3.63) is 28.7 Å². The molecule has 86 valence electrons. The zero-order chi connectivity index (χ0) is 11.4. The first-order valence-corrected chi connectivity index (χ1v) is 6.23. The fraction of sp³-hybridized carbons (Fsp3) is 0.417. The largest absolute Gasteiger partial charge is 0.425 e. The molecule has 0 amide bonds. The van der Waals surface area contributed by atoms with E-state index in [0.29, 0.717) is 5.75 Å². The highest BCUT2D eigenvalue weighted by atomic mass is 79.9. The summed E-state index contributed by atoms with van der Waals surface area (Å²) in [4.78, 5) is 11.8. The van der Waals surface area contributed by atoms with Crippen LogP contribution in [0.15, 0.2) is 28.7 Å². The standard InChI is InChI=1S/C12H14BrNO2/c13-10-5-1-2-6-11(10)16-12(15)9-4-3-7-14-8-9/h1-2,5-6,9,14H,3-4,7-8H2. The first-order valence-electron chi connectivity index (χ1n) is 5.44. The number of piperidine rings is 1. The van der Waals surface area contributed by atoms with Gasteiger partial charge in [-0.2, -0.15) is 0 Å². The average Bonchev–Trinajstić information content (AvgIpc) is 2.33. The van der Waals surface area contributed by atoms with Gasteiger partial charge in [-0.25, -0.2) is 0 Å². The summed E-state index contributed by atoms with van der Waals surface area (Å²) >= 11 is 3.36. The minimum atomic E-state index is -0.140. The molecule has 1 heterocycles. The van der Waals surface area contributed by atoms with Crippen LogP contribution < -0.4 is 10.1 Å². The van der Waals surface area contributed by atoms with E-state index < -0.39 is 0 Å². The summed E-state index contributed by atoms with van der Waals surface area (Å²) in [6.07, 6.45) is 1.95. The van der Waals surface area contributed by atoms with Crippen molar-refractivity contribution in [3.8, 4) is 5.75 Å². The van der Waals surface area contributed by atoms with Crippen LogP contribution in [-0.2, 0) is 4.79 Å². The number of esters is 1. The van der Waals surface area contributed by atoms with Gasteiger partial charge in [-0.05, 0) is 47.4 Å². The second-order valence-corrected chi connectivity index (χ2v) is 4.75. The van der Waals surface area contributed by atoms with Crippen molar-refractivity contribution in [2.75, 3.05) is 13.1 Å². The lowest BCUT2D eigenvalue weighted by molar-refractivity contribution is -0.139. The Labute approximate surface area is 103 Å². The molecule has 1 aromatic rings. The van der Waals surface area contributed by atoms with Gasteiger partial charge in [0.15, 0.2) is 0 Å².